The molecule has 1 aromatic carbocycles. The van der Waals surface area contributed by atoms with E-state index in [1.165, 1.54) is 56.3 Å². The molecule has 1 heterocycles. The Morgan fingerprint density at radius 3 is 2.81 bits per heavy atom. The lowest BCUT2D eigenvalue weighted by Gasteiger charge is -2.22. The summed E-state index contributed by atoms with van der Waals surface area (Å²) in [6.45, 7) is 4.64. The molecule has 1 saturated heterocycles. The van der Waals surface area contributed by atoms with E-state index in [2.05, 4.69) is 36.5 Å². The Balaban J connectivity index is 1.71. The molecule has 1 aliphatic heterocycles. The SMILES string of the molecule is Cc1cccc(CCCC2CCNCC2)c1. The highest BCUT2D eigenvalue weighted by molar-refractivity contribution is 5.22. The van der Waals surface area contributed by atoms with Crippen LogP contribution in [0.3, 0.4) is 0 Å². The van der Waals surface area contributed by atoms with Crippen molar-refractivity contribution in [1.29, 1.82) is 0 Å². The van der Waals surface area contributed by atoms with Crippen molar-refractivity contribution in [1.82, 2.24) is 5.32 Å². The zero-order chi connectivity index (χ0) is 11.2. The van der Waals surface area contributed by atoms with Crippen molar-refractivity contribution >= 4 is 0 Å². The Morgan fingerprint density at radius 2 is 2.06 bits per heavy atom. The first-order valence-electron chi connectivity index (χ1n) is 6.61. The maximum absolute atomic E-state index is 3.43. The molecule has 0 radical (unpaired) electrons. The van der Waals surface area contributed by atoms with E-state index in [4.69, 9.17) is 0 Å². The molecule has 1 fully saturated rings. The molecular weight excluding hydrogens is 194 g/mol. The van der Waals surface area contributed by atoms with Crippen LogP contribution < -0.4 is 5.32 Å². The largest absolute Gasteiger partial charge is 0.317 e. The fourth-order valence-electron chi connectivity index (χ4n) is 2.63. The van der Waals surface area contributed by atoms with Crippen LogP contribution in [0.1, 0.15) is 36.8 Å². The minimum Gasteiger partial charge on any atom is -0.317 e. The van der Waals surface area contributed by atoms with E-state index in [9.17, 15) is 0 Å². The second-order valence-corrected chi connectivity index (χ2v) is 5.07. The van der Waals surface area contributed by atoms with Crippen LogP contribution in [-0.2, 0) is 6.42 Å². The van der Waals surface area contributed by atoms with Gasteiger partial charge in [-0.05, 0) is 57.2 Å². The molecule has 1 aliphatic rings. The number of piperidine rings is 1. The second-order valence-electron chi connectivity index (χ2n) is 5.07. The Morgan fingerprint density at radius 1 is 1.25 bits per heavy atom. The second kappa shape index (κ2) is 6.05. The van der Waals surface area contributed by atoms with Crippen LogP contribution in [0.2, 0.25) is 0 Å². The third-order valence-corrected chi connectivity index (χ3v) is 3.62. The molecule has 0 saturated carbocycles. The lowest BCUT2D eigenvalue weighted by molar-refractivity contribution is 0.347. The number of aryl methyl sites for hydroxylation is 2. The minimum atomic E-state index is 0.978. The Labute approximate surface area is 99.3 Å². The summed E-state index contributed by atoms with van der Waals surface area (Å²) in [5.41, 5.74) is 2.90. The molecule has 0 aromatic heterocycles. The van der Waals surface area contributed by atoms with Gasteiger partial charge >= 0.3 is 0 Å². The van der Waals surface area contributed by atoms with Crippen LogP contribution >= 0.6 is 0 Å². The lowest BCUT2D eigenvalue weighted by Crippen LogP contribution is -2.27. The first kappa shape index (κ1) is 11.7. The molecule has 0 bridgehead atoms. The topological polar surface area (TPSA) is 12.0 Å². The fraction of sp³-hybridized carbons (Fsp3) is 0.600. The van der Waals surface area contributed by atoms with E-state index < -0.39 is 0 Å². The summed E-state index contributed by atoms with van der Waals surface area (Å²) in [5.74, 6) is 0.978. The third kappa shape index (κ3) is 3.64. The zero-order valence-corrected chi connectivity index (χ0v) is 10.3. The van der Waals surface area contributed by atoms with Gasteiger partial charge in [-0.15, -0.1) is 0 Å². The number of hydrogen-bond donors (Lipinski definition) is 1. The Bertz CT molecular complexity index is 313. The molecular formula is C15H23N. The number of nitrogens with one attached hydrogen (secondary N) is 1. The van der Waals surface area contributed by atoms with Crippen molar-refractivity contribution in [2.24, 2.45) is 5.92 Å². The van der Waals surface area contributed by atoms with Gasteiger partial charge in [0.15, 0.2) is 0 Å². The average molecular weight is 217 g/mol. The van der Waals surface area contributed by atoms with Gasteiger partial charge in [0, 0.05) is 0 Å². The smallest absolute Gasteiger partial charge is 0.00463 e. The fourth-order valence-corrected chi connectivity index (χ4v) is 2.63. The van der Waals surface area contributed by atoms with Crippen LogP contribution in [0.25, 0.3) is 0 Å². The first-order chi connectivity index (χ1) is 7.84. The van der Waals surface area contributed by atoms with Crippen LogP contribution in [0, 0.1) is 12.8 Å². The van der Waals surface area contributed by atoms with E-state index in [1.807, 2.05) is 0 Å². The van der Waals surface area contributed by atoms with Gasteiger partial charge in [-0.2, -0.15) is 0 Å². The molecule has 88 valence electrons. The summed E-state index contributed by atoms with van der Waals surface area (Å²) < 4.78 is 0. The summed E-state index contributed by atoms with van der Waals surface area (Å²) >= 11 is 0. The highest BCUT2D eigenvalue weighted by atomic mass is 14.9. The molecule has 0 atom stereocenters. The van der Waals surface area contributed by atoms with Crippen molar-refractivity contribution in [2.75, 3.05) is 13.1 Å². The molecule has 0 amide bonds. The van der Waals surface area contributed by atoms with Gasteiger partial charge < -0.3 is 5.32 Å². The van der Waals surface area contributed by atoms with Gasteiger partial charge in [0.05, 0.1) is 0 Å². The Kier molecular flexibility index (Phi) is 4.41. The van der Waals surface area contributed by atoms with Crippen LogP contribution in [0.4, 0.5) is 0 Å². The predicted molar refractivity (Wildman–Crippen MR) is 69.7 cm³/mol. The summed E-state index contributed by atoms with van der Waals surface area (Å²) in [6, 6.07) is 8.93. The van der Waals surface area contributed by atoms with Crippen molar-refractivity contribution in [3.05, 3.63) is 35.4 Å². The standard InChI is InChI=1S/C15H23N/c1-13-4-2-6-15(12-13)7-3-5-14-8-10-16-11-9-14/h2,4,6,12,14,16H,3,5,7-11H2,1H3. The molecule has 2 rings (SSSR count). The van der Waals surface area contributed by atoms with Crippen molar-refractivity contribution in [3.8, 4) is 0 Å². The molecule has 1 N–H and O–H groups in total. The highest BCUT2D eigenvalue weighted by Gasteiger charge is 2.11. The van der Waals surface area contributed by atoms with E-state index in [-0.39, 0.29) is 0 Å². The molecule has 1 aromatic rings. The van der Waals surface area contributed by atoms with E-state index in [0.29, 0.717) is 0 Å². The summed E-state index contributed by atoms with van der Waals surface area (Å²) in [6.07, 6.45) is 6.79. The maximum Gasteiger partial charge on any atom is -0.00463 e. The molecule has 0 spiro atoms. The van der Waals surface area contributed by atoms with Crippen LogP contribution in [0.15, 0.2) is 24.3 Å². The van der Waals surface area contributed by atoms with Crippen molar-refractivity contribution in [3.63, 3.8) is 0 Å². The van der Waals surface area contributed by atoms with Crippen molar-refractivity contribution < 1.29 is 0 Å². The van der Waals surface area contributed by atoms with Gasteiger partial charge in [0.2, 0.25) is 0 Å². The Hall–Kier alpha value is -0.820. The molecule has 0 aliphatic carbocycles. The van der Waals surface area contributed by atoms with E-state index in [0.717, 1.165) is 5.92 Å². The van der Waals surface area contributed by atoms with E-state index >= 15 is 0 Å². The third-order valence-electron chi connectivity index (χ3n) is 3.62. The molecule has 16 heavy (non-hydrogen) atoms. The van der Waals surface area contributed by atoms with Crippen LogP contribution in [-0.4, -0.2) is 13.1 Å². The van der Waals surface area contributed by atoms with Gasteiger partial charge in [0.25, 0.3) is 0 Å². The summed E-state index contributed by atoms with van der Waals surface area (Å²) in [5, 5.41) is 3.43. The minimum absolute atomic E-state index is 0.978. The average Bonchev–Trinajstić information content (AvgIpc) is 2.30. The van der Waals surface area contributed by atoms with Gasteiger partial charge in [0.1, 0.15) is 0 Å². The van der Waals surface area contributed by atoms with Gasteiger partial charge in [-0.25, -0.2) is 0 Å². The normalized spacial score (nSPS) is 17.6. The summed E-state index contributed by atoms with van der Waals surface area (Å²) in [4.78, 5) is 0. The number of rotatable bonds is 4. The zero-order valence-electron chi connectivity index (χ0n) is 10.3. The highest BCUT2D eigenvalue weighted by Crippen LogP contribution is 2.19. The molecule has 0 unspecified atom stereocenters. The quantitative estimate of drug-likeness (QED) is 0.816. The van der Waals surface area contributed by atoms with Gasteiger partial charge in [-0.1, -0.05) is 36.2 Å². The monoisotopic (exact) mass is 217 g/mol. The predicted octanol–water partition coefficient (Wildman–Crippen LogP) is 3.32. The number of hydrogen-bond acceptors (Lipinski definition) is 1. The maximum atomic E-state index is 3.43. The summed E-state index contributed by atoms with van der Waals surface area (Å²) in [7, 11) is 0. The molecule has 1 nitrogen and oxygen atoms in total. The first-order valence-corrected chi connectivity index (χ1v) is 6.61. The van der Waals surface area contributed by atoms with Crippen LogP contribution in [0.5, 0.6) is 0 Å². The molecule has 1 heteroatoms. The number of benzene rings is 1. The lowest BCUT2D eigenvalue weighted by atomic mass is 9.91. The van der Waals surface area contributed by atoms with Gasteiger partial charge in [-0.3, -0.25) is 0 Å². The van der Waals surface area contributed by atoms with E-state index in [1.54, 1.807) is 0 Å². The van der Waals surface area contributed by atoms with Crippen molar-refractivity contribution in [2.45, 2.75) is 39.0 Å².